The first-order valence-corrected chi connectivity index (χ1v) is 9.58. The van der Waals surface area contributed by atoms with Crippen molar-refractivity contribution in [1.82, 2.24) is 20.2 Å². The van der Waals surface area contributed by atoms with Crippen molar-refractivity contribution in [3.05, 3.63) is 46.7 Å². The van der Waals surface area contributed by atoms with Gasteiger partial charge in [-0.05, 0) is 36.9 Å². The largest absolute Gasteiger partial charge is 0.364 e. The minimum Gasteiger partial charge on any atom is -0.364 e. The second-order valence-electron chi connectivity index (χ2n) is 6.69. The van der Waals surface area contributed by atoms with E-state index in [9.17, 15) is 4.79 Å². The van der Waals surface area contributed by atoms with E-state index in [0.717, 1.165) is 43.0 Å². The first-order chi connectivity index (χ1) is 12.3. The Kier molecular flexibility index (Phi) is 5.05. The fraction of sp³-hybridized carbons (Fsp3) is 0.500. The van der Waals surface area contributed by atoms with E-state index < -0.39 is 0 Å². The van der Waals surface area contributed by atoms with Gasteiger partial charge in [0.15, 0.2) is 0 Å². The van der Waals surface area contributed by atoms with E-state index in [1.807, 2.05) is 23.7 Å². The van der Waals surface area contributed by atoms with E-state index >= 15 is 0 Å². The molecular formula is C18H22N4O2S. The SMILES string of the molecule is O=C(NCc1cccnc1)[C@@H]1C[C@@H]2CCN(Cc3nccs3)C[C@@H]2O1. The minimum atomic E-state index is -0.327. The van der Waals surface area contributed by atoms with Crippen molar-refractivity contribution in [2.24, 2.45) is 5.92 Å². The lowest BCUT2D eigenvalue weighted by atomic mass is 9.91. The van der Waals surface area contributed by atoms with E-state index in [0.29, 0.717) is 12.5 Å². The number of nitrogens with zero attached hydrogens (tertiary/aromatic N) is 3. The predicted molar refractivity (Wildman–Crippen MR) is 94.9 cm³/mol. The van der Waals surface area contributed by atoms with E-state index in [2.05, 4.69) is 20.2 Å². The second kappa shape index (κ2) is 7.59. The summed E-state index contributed by atoms with van der Waals surface area (Å²) in [5.74, 6) is 0.478. The Labute approximate surface area is 151 Å². The Hall–Kier alpha value is -1.83. The number of fused-ring (bicyclic) bond motifs is 1. The summed E-state index contributed by atoms with van der Waals surface area (Å²) in [5.41, 5.74) is 1.00. The van der Waals surface area contributed by atoms with Crippen LogP contribution in [0, 0.1) is 5.92 Å². The molecule has 132 valence electrons. The van der Waals surface area contributed by atoms with Crippen LogP contribution < -0.4 is 5.32 Å². The zero-order chi connectivity index (χ0) is 17.1. The number of amides is 1. The number of rotatable bonds is 5. The first kappa shape index (κ1) is 16.6. The Balaban J connectivity index is 1.28. The summed E-state index contributed by atoms with van der Waals surface area (Å²) in [6, 6.07) is 3.83. The van der Waals surface area contributed by atoms with Gasteiger partial charge in [-0.1, -0.05) is 6.07 Å². The third-order valence-electron chi connectivity index (χ3n) is 4.96. The number of likely N-dealkylation sites (tertiary alicyclic amines) is 1. The molecule has 25 heavy (non-hydrogen) atoms. The van der Waals surface area contributed by atoms with Crippen LogP contribution in [0.5, 0.6) is 0 Å². The molecule has 1 amide bonds. The number of carbonyl (C=O) groups excluding carboxylic acids is 1. The molecule has 2 aromatic rings. The van der Waals surface area contributed by atoms with Gasteiger partial charge in [0.25, 0.3) is 0 Å². The molecule has 2 aromatic heterocycles. The topological polar surface area (TPSA) is 67.4 Å². The third kappa shape index (κ3) is 4.05. The van der Waals surface area contributed by atoms with Gasteiger partial charge in [-0.25, -0.2) is 4.98 Å². The van der Waals surface area contributed by atoms with Gasteiger partial charge >= 0.3 is 0 Å². The predicted octanol–water partition coefficient (Wildman–Crippen LogP) is 1.83. The molecule has 0 radical (unpaired) electrons. The fourth-order valence-corrected chi connectivity index (χ4v) is 4.29. The molecule has 3 atom stereocenters. The molecule has 7 heteroatoms. The monoisotopic (exact) mass is 358 g/mol. The molecule has 2 fully saturated rings. The van der Waals surface area contributed by atoms with Crippen LogP contribution in [-0.4, -0.2) is 46.1 Å². The Morgan fingerprint density at radius 2 is 2.40 bits per heavy atom. The molecule has 2 saturated heterocycles. The molecule has 0 aliphatic carbocycles. The van der Waals surface area contributed by atoms with Gasteiger partial charge < -0.3 is 10.1 Å². The highest BCUT2D eigenvalue weighted by Crippen LogP contribution is 2.33. The molecule has 0 bridgehead atoms. The van der Waals surface area contributed by atoms with E-state index in [1.54, 1.807) is 23.7 Å². The summed E-state index contributed by atoms with van der Waals surface area (Å²) in [4.78, 5) is 23.2. The van der Waals surface area contributed by atoms with Gasteiger partial charge in [0.2, 0.25) is 5.91 Å². The summed E-state index contributed by atoms with van der Waals surface area (Å²) >= 11 is 1.69. The summed E-state index contributed by atoms with van der Waals surface area (Å²) in [6.07, 6.45) is 7.09. The Morgan fingerprint density at radius 1 is 1.44 bits per heavy atom. The van der Waals surface area contributed by atoms with Crippen molar-refractivity contribution < 1.29 is 9.53 Å². The molecule has 0 unspecified atom stereocenters. The summed E-state index contributed by atoms with van der Waals surface area (Å²) in [6.45, 7) is 3.31. The van der Waals surface area contributed by atoms with Crippen LogP contribution in [0.4, 0.5) is 0 Å². The van der Waals surface area contributed by atoms with Crippen LogP contribution >= 0.6 is 11.3 Å². The van der Waals surface area contributed by atoms with Crippen molar-refractivity contribution in [1.29, 1.82) is 0 Å². The van der Waals surface area contributed by atoms with Gasteiger partial charge in [-0.15, -0.1) is 11.3 Å². The van der Waals surface area contributed by atoms with Crippen LogP contribution in [0.25, 0.3) is 0 Å². The van der Waals surface area contributed by atoms with Crippen molar-refractivity contribution in [3.8, 4) is 0 Å². The maximum Gasteiger partial charge on any atom is 0.249 e. The van der Waals surface area contributed by atoms with Crippen LogP contribution in [0.15, 0.2) is 36.1 Å². The van der Waals surface area contributed by atoms with Crippen molar-refractivity contribution in [2.75, 3.05) is 13.1 Å². The van der Waals surface area contributed by atoms with Gasteiger partial charge in [0.1, 0.15) is 11.1 Å². The number of ether oxygens (including phenoxy) is 1. The van der Waals surface area contributed by atoms with Gasteiger partial charge in [-0.3, -0.25) is 14.7 Å². The zero-order valence-corrected chi connectivity index (χ0v) is 14.8. The highest BCUT2D eigenvalue weighted by molar-refractivity contribution is 7.09. The number of carbonyl (C=O) groups is 1. The average Bonchev–Trinajstić information content (AvgIpc) is 3.30. The van der Waals surface area contributed by atoms with E-state index in [4.69, 9.17) is 4.74 Å². The average molecular weight is 358 g/mol. The maximum atomic E-state index is 12.4. The van der Waals surface area contributed by atoms with Crippen LogP contribution in [-0.2, 0) is 22.6 Å². The van der Waals surface area contributed by atoms with E-state index in [-0.39, 0.29) is 18.1 Å². The molecule has 4 rings (SSSR count). The fourth-order valence-electron chi connectivity index (χ4n) is 3.63. The highest BCUT2D eigenvalue weighted by atomic mass is 32.1. The molecular weight excluding hydrogens is 336 g/mol. The van der Waals surface area contributed by atoms with Gasteiger partial charge in [0.05, 0.1) is 12.6 Å². The number of hydrogen-bond donors (Lipinski definition) is 1. The van der Waals surface area contributed by atoms with Gasteiger partial charge in [-0.2, -0.15) is 0 Å². The second-order valence-corrected chi connectivity index (χ2v) is 7.67. The van der Waals surface area contributed by atoms with Crippen molar-refractivity contribution in [3.63, 3.8) is 0 Å². The molecule has 4 heterocycles. The van der Waals surface area contributed by atoms with Crippen molar-refractivity contribution >= 4 is 17.2 Å². The van der Waals surface area contributed by atoms with Gasteiger partial charge in [0, 0.05) is 37.1 Å². The number of thiazole rings is 1. The molecule has 2 aliphatic rings. The summed E-state index contributed by atoms with van der Waals surface area (Å²) in [7, 11) is 0. The van der Waals surface area contributed by atoms with Crippen LogP contribution in [0.2, 0.25) is 0 Å². The lowest BCUT2D eigenvalue weighted by Gasteiger charge is -2.33. The quantitative estimate of drug-likeness (QED) is 0.883. The molecule has 1 N–H and O–H groups in total. The maximum absolute atomic E-state index is 12.4. The molecule has 2 aliphatic heterocycles. The third-order valence-corrected chi connectivity index (χ3v) is 5.72. The summed E-state index contributed by atoms with van der Waals surface area (Å²) in [5, 5.41) is 6.12. The lowest BCUT2D eigenvalue weighted by molar-refractivity contribution is -0.133. The molecule has 0 aromatic carbocycles. The number of aromatic nitrogens is 2. The molecule has 0 saturated carbocycles. The number of piperidine rings is 1. The van der Waals surface area contributed by atoms with Crippen molar-refractivity contribution in [2.45, 2.75) is 38.1 Å². The van der Waals surface area contributed by atoms with E-state index in [1.165, 1.54) is 0 Å². The molecule has 0 spiro atoms. The van der Waals surface area contributed by atoms with Crippen LogP contribution in [0.3, 0.4) is 0 Å². The Bertz CT molecular complexity index is 694. The zero-order valence-electron chi connectivity index (χ0n) is 14.0. The lowest BCUT2D eigenvalue weighted by Crippen LogP contribution is -2.42. The highest BCUT2D eigenvalue weighted by Gasteiger charge is 2.41. The molecule has 6 nitrogen and oxygen atoms in total. The standard InChI is InChI=1S/C18H22N4O2S/c23-18(21-10-13-2-1-4-19-9-13)15-8-14-3-6-22(11-16(14)24-15)12-17-20-5-7-25-17/h1-2,4-5,7,9,14-16H,3,6,8,10-12H2,(H,21,23)/t14-,15-,16-/m0/s1. The number of nitrogens with one attached hydrogen (secondary N) is 1. The Morgan fingerprint density at radius 3 is 3.20 bits per heavy atom. The number of pyridine rings is 1. The normalized spacial score (nSPS) is 26.3. The van der Waals surface area contributed by atoms with Crippen LogP contribution in [0.1, 0.15) is 23.4 Å². The minimum absolute atomic E-state index is 0.00951. The summed E-state index contributed by atoms with van der Waals surface area (Å²) < 4.78 is 6.08. The number of hydrogen-bond acceptors (Lipinski definition) is 6. The first-order valence-electron chi connectivity index (χ1n) is 8.71. The smallest absolute Gasteiger partial charge is 0.249 e.